The second-order valence-corrected chi connectivity index (χ2v) is 8.58. The molecule has 1 aliphatic rings. The Balaban J connectivity index is 1.77. The van der Waals surface area contributed by atoms with Crippen molar-refractivity contribution >= 4 is 21.8 Å². The fourth-order valence-corrected chi connectivity index (χ4v) is 4.40. The van der Waals surface area contributed by atoms with Crippen molar-refractivity contribution < 1.29 is 31.1 Å². The molecule has 2 N–H and O–H groups in total. The summed E-state index contributed by atoms with van der Waals surface area (Å²) in [4.78, 5) is 12.8. The number of likely N-dealkylation sites (N-methyl/N-ethyl adjacent to an activating group) is 1. The number of amides is 1. The quantitative estimate of drug-likeness (QED) is 0.744. The Hall–Kier alpha value is -2.64. The van der Waals surface area contributed by atoms with Crippen LogP contribution in [0.15, 0.2) is 30.5 Å². The van der Waals surface area contributed by atoms with Gasteiger partial charge in [-0.15, -0.1) is 13.2 Å². The molecule has 1 fully saturated rings. The van der Waals surface area contributed by atoms with Gasteiger partial charge in [0, 0.05) is 31.0 Å². The lowest BCUT2D eigenvalue weighted by Crippen LogP contribution is -2.56. The number of carbonyl (C=O) groups excluding carboxylic acids is 1. The molecule has 164 valence electrons. The summed E-state index contributed by atoms with van der Waals surface area (Å²) in [5.41, 5.74) is 1.61. The van der Waals surface area contributed by atoms with Gasteiger partial charge in [-0.3, -0.25) is 9.48 Å². The highest BCUT2D eigenvalue weighted by Gasteiger charge is 2.41. The van der Waals surface area contributed by atoms with E-state index in [1.54, 1.807) is 24.9 Å². The van der Waals surface area contributed by atoms with Gasteiger partial charge in [-0.1, -0.05) is 0 Å². The maximum atomic E-state index is 12.8. The van der Waals surface area contributed by atoms with E-state index in [4.69, 9.17) is 0 Å². The summed E-state index contributed by atoms with van der Waals surface area (Å²) in [5, 5.41) is 6.64. The standard InChI is InChI=1S/C17H20F3N5O4S/c1-10-13(9-21-24(10)2)14-8-15(25(3)30(27,28)23-14)16(26)22-11-4-6-12(7-5-11)29-17(18,19)20/h4-7,9,14-15,23H,8H2,1-3H3,(H,22,26)/t14-,15-/m0/s1. The fraction of sp³-hybridized carbons (Fsp3) is 0.412. The first-order valence-electron chi connectivity index (χ1n) is 8.78. The number of aromatic nitrogens is 2. The second-order valence-electron chi connectivity index (χ2n) is 6.81. The predicted molar refractivity (Wildman–Crippen MR) is 101 cm³/mol. The smallest absolute Gasteiger partial charge is 0.406 e. The van der Waals surface area contributed by atoms with E-state index in [9.17, 15) is 26.4 Å². The first kappa shape index (κ1) is 22.1. The second kappa shape index (κ2) is 7.89. The minimum absolute atomic E-state index is 0.142. The fourth-order valence-electron chi connectivity index (χ4n) is 3.14. The number of aryl methyl sites for hydroxylation is 1. The molecule has 0 aliphatic carbocycles. The summed E-state index contributed by atoms with van der Waals surface area (Å²) in [5.74, 6) is -1.05. The molecule has 0 radical (unpaired) electrons. The Labute approximate surface area is 171 Å². The lowest BCUT2D eigenvalue weighted by Gasteiger charge is -2.36. The lowest BCUT2D eigenvalue weighted by molar-refractivity contribution is -0.274. The van der Waals surface area contributed by atoms with Gasteiger partial charge in [0.2, 0.25) is 5.91 Å². The molecule has 30 heavy (non-hydrogen) atoms. The SMILES string of the molecule is Cc1c([C@@H]2C[C@@H](C(=O)Nc3ccc(OC(F)(F)F)cc3)N(C)S(=O)(=O)N2)cnn1C. The molecule has 9 nitrogen and oxygen atoms in total. The minimum Gasteiger partial charge on any atom is -0.406 e. The zero-order valence-electron chi connectivity index (χ0n) is 16.3. The third kappa shape index (κ3) is 4.74. The van der Waals surface area contributed by atoms with E-state index in [-0.39, 0.29) is 12.1 Å². The normalized spacial score (nSPS) is 21.9. The largest absolute Gasteiger partial charge is 0.573 e. The van der Waals surface area contributed by atoms with E-state index in [0.717, 1.165) is 22.1 Å². The minimum atomic E-state index is -4.82. The number of ether oxygens (including phenoxy) is 1. The molecule has 0 saturated carbocycles. The van der Waals surface area contributed by atoms with Gasteiger partial charge in [-0.2, -0.15) is 22.5 Å². The topological polar surface area (TPSA) is 106 Å². The number of carbonyl (C=O) groups is 1. The highest BCUT2D eigenvalue weighted by molar-refractivity contribution is 7.87. The number of rotatable bonds is 4. The molecule has 1 saturated heterocycles. The Morgan fingerprint density at radius 1 is 1.27 bits per heavy atom. The van der Waals surface area contributed by atoms with Crippen LogP contribution in [0, 0.1) is 6.92 Å². The van der Waals surface area contributed by atoms with Gasteiger partial charge in [-0.25, -0.2) is 0 Å². The molecule has 1 aromatic carbocycles. The van der Waals surface area contributed by atoms with Crippen molar-refractivity contribution in [3.63, 3.8) is 0 Å². The van der Waals surface area contributed by atoms with Crippen LogP contribution in [0.2, 0.25) is 0 Å². The van der Waals surface area contributed by atoms with Crippen molar-refractivity contribution in [3.05, 3.63) is 41.7 Å². The Morgan fingerprint density at radius 3 is 2.43 bits per heavy atom. The van der Waals surface area contributed by atoms with Crippen LogP contribution in [0.4, 0.5) is 18.9 Å². The molecular weight excluding hydrogens is 427 g/mol. The van der Waals surface area contributed by atoms with Gasteiger partial charge >= 0.3 is 6.36 Å². The van der Waals surface area contributed by atoms with Crippen LogP contribution < -0.4 is 14.8 Å². The zero-order chi connectivity index (χ0) is 22.3. The summed E-state index contributed by atoms with van der Waals surface area (Å²) in [6.07, 6.45) is -3.14. The van der Waals surface area contributed by atoms with Gasteiger partial charge in [0.15, 0.2) is 0 Å². The molecule has 0 spiro atoms. The Bertz CT molecular complexity index is 1040. The first-order chi connectivity index (χ1) is 13.9. The van der Waals surface area contributed by atoms with E-state index in [1.165, 1.54) is 19.2 Å². The highest BCUT2D eigenvalue weighted by atomic mass is 32.2. The van der Waals surface area contributed by atoms with Gasteiger partial charge < -0.3 is 10.1 Å². The first-order valence-corrected chi connectivity index (χ1v) is 10.2. The van der Waals surface area contributed by atoms with Crippen LogP contribution >= 0.6 is 0 Å². The molecule has 0 unspecified atom stereocenters. The van der Waals surface area contributed by atoms with E-state index >= 15 is 0 Å². The molecule has 1 amide bonds. The predicted octanol–water partition coefficient (Wildman–Crippen LogP) is 1.85. The molecule has 1 aliphatic heterocycles. The summed E-state index contributed by atoms with van der Waals surface area (Å²) < 4.78 is 70.6. The maximum Gasteiger partial charge on any atom is 0.573 e. The van der Waals surface area contributed by atoms with Crippen LogP contribution in [0.5, 0.6) is 5.75 Å². The number of alkyl halides is 3. The lowest BCUT2D eigenvalue weighted by atomic mass is 10.00. The van der Waals surface area contributed by atoms with Gasteiger partial charge in [0.1, 0.15) is 11.8 Å². The summed E-state index contributed by atoms with van der Waals surface area (Å²) >= 11 is 0. The van der Waals surface area contributed by atoms with Gasteiger partial charge in [0.25, 0.3) is 10.2 Å². The number of hydrogen-bond acceptors (Lipinski definition) is 5. The summed E-state index contributed by atoms with van der Waals surface area (Å²) in [6.45, 7) is 1.79. The van der Waals surface area contributed by atoms with E-state index in [0.29, 0.717) is 5.56 Å². The molecular formula is C17H20F3N5O4S. The summed E-state index contributed by atoms with van der Waals surface area (Å²) in [6, 6.07) is 2.88. The maximum absolute atomic E-state index is 12.8. The molecule has 2 heterocycles. The number of halogens is 3. The average Bonchev–Trinajstić information content (AvgIpc) is 2.96. The Morgan fingerprint density at radius 2 is 1.90 bits per heavy atom. The third-order valence-electron chi connectivity index (χ3n) is 4.87. The molecule has 2 aromatic rings. The third-order valence-corrected chi connectivity index (χ3v) is 6.47. The van der Waals surface area contributed by atoms with E-state index in [2.05, 4.69) is 19.9 Å². The molecule has 3 rings (SSSR count). The number of anilines is 1. The van der Waals surface area contributed by atoms with Crippen molar-refractivity contribution in [1.29, 1.82) is 0 Å². The number of nitrogens with one attached hydrogen (secondary N) is 2. The average molecular weight is 447 g/mol. The highest BCUT2D eigenvalue weighted by Crippen LogP contribution is 2.30. The number of benzene rings is 1. The molecule has 1 aromatic heterocycles. The van der Waals surface area contributed by atoms with E-state index < -0.39 is 40.3 Å². The summed E-state index contributed by atoms with van der Waals surface area (Å²) in [7, 11) is -0.941. The molecule has 2 atom stereocenters. The molecule has 0 bridgehead atoms. The van der Waals surface area contributed by atoms with Crippen molar-refractivity contribution in [2.24, 2.45) is 7.05 Å². The van der Waals surface area contributed by atoms with E-state index in [1.807, 2.05) is 0 Å². The Kier molecular flexibility index (Phi) is 5.80. The van der Waals surface area contributed by atoms with Crippen molar-refractivity contribution in [1.82, 2.24) is 18.8 Å². The van der Waals surface area contributed by atoms with Crippen LogP contribution in [0.3, 0.4) is 0 Å². The van der Waals surface area contributed by atoms with Crippen molar-refractivity contribution in [3.8, 4) is 5.75 Å². The number of hydrogen-bond donors (Lipinski definition) is 2. The number of nitrogens with zero attached hydrogens (tertiary/aromatic N) is 3. The van der Waals surface area contributed by atoms with Gasteiger partial charge in [-0.05, 0) is 37.6 Å². The zero-order valence-corrected chi connectivity index (χ0v) is 17.1. The van der Waals surface area contributed by atoms with Crippen molar-refractivity contribution in [2.45, 2.75) is 31.8 Å². The van der Waals surface area contributed by atoms with Gasteiger partial charge in [0.05, 0.1) is 12.2 Å². The van der Waals surface area contributed by atoms with Crippen molar-refractivity contribution in [2.75, 3.05) is 12.4 Å². The molecule has 13 heteroatoms. The van der Waals surface area contributed by atoms with Crippen LogP contribution in [0.1, 0.15) is 23.7 Å². The van der Waals surface area contributed by atoms with Crippen LogP contribution in [-0.4, -0.2) is 47.9 Å². The monoisotopic (exact) mass is 447 g/mol. The van der Waals surface area contributed by atoms with Crippen LogP contribution in [-0.2, 0) is 22.1 Å². The van der Waals surface area contributed by atoms with Crippen LogP contribution in [0.25, 0.3) is 0 Å².